The predicted molar refractivity (Wildman–Crippen MR) is 71.4 cm³/mol. The lowest BCUT2D eigenvalue weighted by Gasteiger charge is -2.13. The van der Waals surface area contributed by atoms with Gasteiger partial charge in [0.1, 0.15) is 6.61 Å². The maximum Gasteiger partial charge on any atom is 0.320 e. The fourth-order valence-corrected chi connectivity index (χ4v) is 1.84. The number of nitrogens with zero attached hydrogens (tertiary/aromatic N) is 2. The van der Waals surface area contributed by atoms with E-state index in [2.05, 4.69) is 4.98 Å². The molecule has 0 saturated carbocycles. The maximum absolute atomic E-state index is 12.7. The van der Waals surface area contributed by atoms with Crippen LogP contribution in [0.3, 0.4) is 0 Å². The van der Waals surface area contributed by atoms with Gasteiger partial charge in [0.15, 0.2) is 17.3 Å². The largest absolute Gasteiger partial charge is 0.493 e. The molecule has 0 aliphatic heterocycles. The number of methoxy groups -OCH3 is 1. The van der Waals surface area contributed by atoms with Gasteiger partial charge in [0.25, 0.3) is 0 Å². The number of aliphatic hydroxyl groups is 1. The van der Waals surface area contributed by atoms with E-state index in [9.17, 15) is 13.9 Å². The van der Waals surface area contributed by atoms with E-state index in [0.717, 1.165) is 4.57 Å². The zero-order chi connectivity index (χ0) is 15.4. The highest BCUT2D eigenvalue weighted by atomic mass is 19.3. The Hall–Kier alpha value is -2.15. The Morgan fingerprint density at radius 2 is 2.10 bits per heavy atom. The number of imidazole rings is 1. The van der Waals surface area contributed by atoms with Gasteiger partial charge in [-0.1, -0.05) is 6.07 Å². The average molecular weight is 298 g/mol. The van der Waals surface area contributed by atoms with E-state index >= 15 is 0 Å². The van der Waals surface area contributed by atoms with Gasteiger partial charge in [0.05, 0.1) is 13.2 Å². The van der Waals surface area contributed by atoms with Gasteiger partial charge in [0.2, 0.25) is 0 Å². The molecule has 0 spiro atoms. The summed E-state index contributed by atoms with van der Waals surface area (Å²) < 4.78 is 36.8. The summed E-state index contributed by atoms with van der Waals surface area (Å²) in [6, 6.07) is 4.94. The lowest BCUT2D eigenvalue weighted by molar-refractivity contribution is 0.0631. The Morgan fingerprint density at radius 1 is 1.33 bits per heavy atom. The molecule has 1 N–H and O–H groups in total. The highest BCUT2D eigenvalue weighted by Gasteiger charge is 2.13. The first-order valence-electron chi connectivity index (χ1n) is 6.31. The molecule has 21 heavy (non-hydrogen) atoms. The van der Waals surface area contributed by atoms with Gasteiger partial charge in [-0.2, -0.15) is 8.78 Å². The van der Waals surface area contributed by atoms with Crippen molar-refractivity contribution in [3.63, 3.8) is 0 Å². The molecule has 1 aromatic heterocycles. The molecule has 0 saturated heterocycles. The first kappa shape index (κ1) is 15.2. The van der Waals surface area contributed by atoms with E-state index < -0.39 is 12.7 Å². The molecule has 2 rings (SSSR count). The molecule has 0 aliphatic rings. The van der Waals surface area contributed by atoms with Gasteiger partial charge in [-0.25, -0.2) is 4.98 Å². The number of halogens is 2. The van der Waals surface area contributed by atoms with E-state index in [1.165, 1.54) is 19.5 Å². The maximum atomic E-state index is 12.7. The molecular weight excluding hydrogens is 282 g/mol. The lowest BCUT2D eigenvalue weighted by Crippen LogP contribution is -2.07. The van der Waals surface area contributed by atoms with Crippen molar-refractivity contribution in [2.24, 2.45) is 0 Å². The number of aliphatic hydroxyl groups excluding tert-OH is 1. The number of aromatic nitrogens is 2. The summed E-state index contributed by atoms with van der Waals surface area (Å²) in [7, 11) is 1.47. The van der Waals surface area contributed by atoms with Gasteiger partial charge in [0, 0.05) is 12.4 Å². The number of ether oxygens (including phenoxy) is 2. The molecule has 1 heterocycles. The van der Waals surface area contributed by atoms with Crippen LogP contribution < -0.4 is 9.47 Å². The van der Waals surface area contributed by atoms with Gasteiger partial charge in [-0.15, -0.1) is 0 Å². The molecule has 0 amide bonds. The van der Waals surface area contributed by atoms with Crippen molar-refractivity contribution in [2.75, 3.05) is 7.11 Å². The second-order valence-corrected chi connectivity index (χ2v) is 4.40. The summed E-state index contributed by atoms with van der Waals surface area (Å²) >= 11 is 0. The molecule has 5 nitrogen and oxygen atoms in total. The summed E-state index contributed by atoms with van der Waals surface area (Å²) in [6.45, 7) is -1.14. The minimum atomic E-state index is -2.66. The quantitative estimate of drug-likeness (QED) is 0.891. The molecule has 0 aliphatic carbocycles. The molecule has 0 fully saturated rings. The fourth-order valence-electron chi connectivity index (χ4n) is 1.84. The number of hydrogen-bond donors (Lipinski definition) is 1. The topological polar surface area (TPSA) is 56.5 Å². The van der Waals surface area contributed by atoms with E-state index in [4.69, 9.17) is 9.47 Å². The fraction of sp³-hybridized carbons (Fsp3) is 0.357. The van der Waals surface area contributed by atoms with E-state index in [1.54, 1.807) is 25.1 Å². The second kappa shape index (κ2) is 6.53. The van der Waals surface area contributed by atoms with Gasteiger partial charge >= 0.3 is 6.55 Å². The monoisotopic (exact) mass is 298 g/mol. The number of alkyl halides is 2. The third-order valence-electron chi connectivity index (χ3n) is 2.99. The van der Waals surface area contributed by atoms with Crippen molar-refractivity contribution in [3.05, 3.63) is 42.0 Å². The highest BCUT2D eigenvalue weighted by molar-refractivity contribution is 5.43. The minimum absolute atomic E-state index is 0.109. The molecule has 0 bridgehead atoms. The first-order chi connectivity index (χ1) is 10.0. The zero-order valence-electron chi connectivity index (χ0n) is 11.7. The molecule has 0 unspecified atom stereocenters. The Morgan fingerprint density at radius 3 is 2.71 bits per heavy atom. The van der Waals surface area contributed by atoms with E-state index in [1.807, 2.05) is 0 Å². The van der Waals surface area contributed by atoms with Crippen LogP contribution in [0.25, 0.3) is 0 Å². The SMILES string of the molecule is COc1cc([C@@H](C)O)ccc1OCc1nccn1C(F)F. The number of benzene rings is 1. The van der Waals surface area contributed by atoms with Crippen molar-refractivity contribution in [3.8, 4) is 11.5 Å². The van der Waals surface area contributed by atoms with Crippen molar-refractivity contribution in [2.45, 2.75) is 26.2 Å². The molecule has 2 aromatic rings. The lowest BCUT2D eigenvalue weighted by atomic mass is 10.1. The van der Waals surface area contributed by atoms with Crippen LogP contribution in [0.4, 0.5) is 8.78 Å². The standard InChI is InChI=1S/C14H16F2N2O3/c1-9(19)10-3-4-11(12(7-10)20-2)21-8-13-17-5-6-18(13)14(15)16/h3-7,9,14,19H,8H2,1-2H3/t9-/m1/s1. The van der Waals surface area contributed by atoms with Crippen LogP contribution in [0, 0.1) is 0 Å². The van der Waals surface area contributed by atoms with Crippen LogP contribution in [0.1, 0.15) is 31.0 Å². The Bertz CT molecular complexity index is 600. The van der Waals surface area contributed by atoms with Crippen molar-refractivity contribution >= 4 is 0 Å². The third-order valence-corrected chi connectivity index (χ3v) is 2.99. The Labute approximate surface area is 120 Å². The molecule has 0 radical (unpaired) electrons. The second-order valence-electron chi connectivity index (χ2n) is 4.40. The van der Waals surface area contributed by atoms with E-state index in [-0.39, 0.29) is 12.4 Å². The zero-order valence-corrected chi connectivity index (χ0v) is 11.7. The van der Waals surface area contributed by atoms with Crippen LogP contribution in [0.5, 0.6) is 11.5 Å². The van der Waals surface area contributed by atoms with Crippen LogP contribution in [-0.2, 0) is 6.61 Å². The highest BCUT2D eigenvalue weighted by Crippen LogP contribution is 2.31. The van der Waals surface area contributed by atoms with Crippen LogP contribution >= 0.6 is 0 Å². The van der Waals surface area contributed by atoms with E-state index in [0.29, 0.717) is 17.1 Å². The van der Waals surface area contributed by atoms with Crippen LogP contribution in [0.15, 0.2) is 30.6 Å². The Kier molecular flexibility index (Phi) is 4.74. The minimum Gasteiger partial charge on any atom is -0.493 e. The van der Waals surface area contributed by atoms with Crippen LogP contribution in [0.2, 0.25) is 0 Å². The smallest absolute Gasteiger partial charge is 0.320 e. The van der Waals surface area contributed by atoms with Gasteiger partial charge in [-0.05, 0) is 24.6 Å². The summed E-state index contributed by atoms with van der Waals surface area (Å²) in [5.74, 6) is 0.931. The number of hydrogen-bond acceptors (Lipinski definition) is 4. The molecule has 1 atom stereocenters. The molecule has 7 heteroatoms. The van der Waals surface area contributed by atoms with Crippen LogP contribution in [-0.4, -0.2) is 21.8 Å². The molecule has 114 valence electrons. The predicted octanol–water partition coefficient (Wildman–Crippen LogP) is 2.92. The summed E-state index contributed by atoms with van der Waals surface area (Å²) in [5, 5.41) is 9.52. The van der Waals surface area contributed by atoms with Crippen molar-refractivity contribution < 1.29 is 23.4 Å². The molecule has 1 aromatic carbocycles. The normalized spacial score (nSPS) is 12.5. The first-order valence-corrected chi connectivity index (χ1v) is 6.31. The third kappa shape index (κ3) is 3.49. The van der Waals surface area contributed by atoms with Gasteiger partial charge in [-0.3, -0.25) is 4.57 Å². The Balaban J connectivity index is 2.14. The van der Waals surface area contributed by atoms with Gasteiger partial charge < -0.3 is 14.6 Å². The van der Waals surface area contributed by atoms with Crippen molar-refractivity contribution in [1.82, 2.24) is 9.55 Å². The number of rotatable bonds is 6. The summed E-state index contributed by atoms with van der Waals surface area (Å²) in [4.78, 5) is 3.83. The summed E-state index contributed by atoms with van der Waals surface area (Å²) in [5.41, 5.74) is 0.674. The molecular formula is C14H16F2N2O3. The average Bonchev–Trinajstić information content (AvgIpc) is 2.93. The van der Waals surface area contributed by atoms with Crippen molar-refractivity contribution in [1.29, 1.82) is 0 Å². The summed E-state index contributed by atoms with van der Waals surface area (Å²) in [6.07, 6.45) is 1.85.